The van der Waals surface area contributed by atoms with Gasteiger partial charge in [-0.1, -0.05) is 0 Å². The van der Waals surface area contributed by atoms with E-state index in [1.165, 1.54) is 6.92 Å². The van der Waals surface area contributed by atoms with Crippen LogP contribution in [0.1, 0.15) is 26.2 Å². The molecule has 0 saturated carbocycles. The summed E-state index contributed by atoms with van der Waals surface area (Å²) in [6.07, 6.45) is 1.42. The van der Waals surface area contributed by atoms with Crippen molar-refractivity contribution in [2.24, 2.45) is 28.7 Å². The van der Waals surface area contributed by atoms with Gasteiger partial charge >= 0.3 is 5.97 Å². The molecule has 0 heterocycles. The van der Waals surface area contributed by atoms with E-state index in [1.54, 1.807) is 0 Å². The van der Waals surface area contributed by atoms with E-state index < -0.39 is 35.9 Å². The Morgan fingerprint density at radius 2 is 1.21 bits per heavy atom. The highest BCUT2D eigenvalue weighted by Gasteiger charge is 2.12. The zero-order valence-corrected chi connectivity index (χ0v) is 10.9. The van der Waals surface area contributed by atoms with Gasteiger partial charge in [-0.05, 0) is 26.2 Å². The molecule has 0 aliphatic heterocycles. The quantitative estimate of drug-likeness (QED) is 0.288. The maximum Gasteiger partial charge on any atom is 0.320 e. The van der Waals surface area contributed by atoms with Crippen molar-refractivity contribution in [1.82, 2.24) is 0 Å². The van der Waals surface area contributed by atoms with Crippen LogP contribution in [0.4, 0.5) is 0 Å². The Morgan fingerprint density at radius 3 is 1.37 bits per heavy atom. The number of rotatable bonds is 7. The third kappa shape index (κ3) is 12.5. The first-order valence-electron chi connectivity index (χ1n) is 5.67. The van der Waals surface area contributed by atoms with Gasteiger partial charge in [0.15, 0.2) is 0 Å². The Bertz CT molecular complexity index is 288. The monoisotopic (exact) mass is 277 g/mol. The van der Waals surface area contributed by atoms with Crippen LogP contribution in [-0.4, -0.2) is 41.0 Å². The highest BCUT2D eigenvalue weighted by Crippen LogP contribution is 2.00. The van der Waals surface area contributed by atoms with Crippen LogP contribution in [0.2, 0.25) is 0 Å². The van der Waals surface area contributed by atoms with Crippen LogP contribution in [0, 0.1) is 0 Å². The topological polar surface area (TPSA) is 202 Å². The molecule has 0 saturated heterocycles. The van der Waals surface area contributed by atoms with Crippen LogP contribution in [-0.2, 0) is 14.4 Å². The van der Waals surface area contributed by atoms with Crippen LogP contribution in [0.25, 0.3) is 0 Å². The lowest BCUT2D eigenvalue weighted by atomic mass is 10.1. The molecule has 2 unspecified atom stereocenters. The lowest BCUT2D eigenvalue weighted by molar-refractivity contribution is -0.138. The summed E-state index contributed by atoms with van der Waals surface area (Å²) in [4.78, 5) is 30.5. The normalized spacial score (nSPS) is 14.5. The molecular formula is C10H23N5O4. The summed E-state index contributed by atoms with van der Waals surface area (Å²) in [6, 6.07) is -2.06. The molecule has 0 aliphatic carbocycles. The SMILES string of the molecule is C[C@@H](N)C(=O)O.NC(=O)C(N)CCCC(N)C(N)=O. The van der Waals surface area contributed by atoms with Crippen molar-refractivity contribution >= 4 is 17.8 Å². The average Bonchev–Trinajstić information content (AvgIpc) is 2.28. The molecule has 0 rings (SSSR count). The van der Waals surface area contributed by atoms with Gasteiger partial charge in [0.25, 0.3) is 0 Å². The lowest BCUT2D eigenvalue weighted by Crippen LogP contribution is -2.38. The smallest absolute Gasteiger partial charge is 0.320 e. The number of carbonyl (C=O) groups excluding carboxylic acids is 2. The molecule has 0 aromatic carbocycles. The van der Waals surface area contributed by atoms with Gasteiger partial charge in [0.2, 0.25) is 11.8 Å². The lowest BCUT2D eigenvalue weighted by Gasteiger charge is -2.09. The number of hydrogen-bond acceptors (Lipinski definition) is 6. The predicted octanol–water partition coefficient (Wildman–Crippen LogP) is -2.80. The number of carboxylic acids is 1. The second-order valence-electron chi connectivity index (χ2n) is 4.08. The first-order valence-corrected chi connectivity index (χ1v) is 5.67. The summed E-state index contributed by atoms with van der Waals surface area (Å²) < 4.78 is 0. The maximum absolute atomic E-state index is 10.5. The number of nitrogens with two attached hydrogens (primary N) is 5. The Labute approximate surface area is 111 Å². The van der Waals surface area contributed by atoms with Gasteiger partial charge in [-0.3, -0.25) is 14.4 Å². The Hall–Kier alpha value is -1.71. The van der Waals surface area contributed by atoms with E-state index in [0.29, 0.717) is 19.3 Å². The summed E-state index contributed by atoms with van der Waals surface area (Å²) in [7, 11) is 0. The van der Waals surface area contributed by atoms with E-state index >= 15 is 0 Å². The highest BCUT2D eigenvalue weighted by atomic mass is 16.4. The zero-order valence-electron chi connectivity index (χ0n) is 10.9. The minimum atomic E-state index is -0.963. The second-order valence-corrected chi connectivity index (χ2v) is 4.08. The molecule has 2 amide bonds. The maximum atomic E-state index is 10.5. The van der Waals surface area contributed by atoms with Gasteiger partial charge in [0.1, 0.15) is 6.04 Å². The number of hydrogen-bond donors (Lipinski definition) is 6. The van der Waals surface area contributed by atoms with Crippen LogP contribution in [0.5, 0.6) is 0 Å². The van der Waals surface area contributed by atoms with E-state index in [9.17, 15) is 14.4 Å². The molecule has 19 heavy (non-hydrogen) atoms. The Balaban J connectivity index is 0. The van der Waals surface area contributed by atoms with Crippen molar-refractivity contribution in [3.05, 3.63) is 0 Å². The molecule has 0 aliphatic rings. The fourth-order valence-electron chi connectivity index (χ4n) is 0.842. The van der Waals surface area contributed by atoms with E-state index in [-0.39, 0.29) is 0 Å². The van der Waals surface area contributed by atoms with E-state index in [1.807, 2.05) is 0 Å². The predicted molar refractivity (Wildman–Crippen MR) is 69.5 cm³/mol. The summed E-state index contributed by atoms with van der Waals surface area (Å²) in [6.45, 7) is 1.42. The number of amides is 2. The van der Waals surface area contributed by atoms with Crippen LogP contribution < -0.4 is 28.7 Å². The second kappa shape index (κ2) is 10.2. The fraction of sp³-hybridized carbons (Fsp3) is 0.700. The fourth-order valence-corrected chi connectivity index (χ4v) is 0.842. The van der Waals surface area contributed by atoms with Crippen molar-refractivity contribution in [1.29, 1.82) is 0 Å². The third-order valence-electron chi connectivity index (χ3n) is 2.15. The van der Waals surface area contributed by atoms with Crippen molar-refractivity contribution in [2.75, 3.05) is 0 Å². The van der Waals surface area contributed by atoms with Crippen LogP contribution in [0.3, 0.4) is 0 Å². The molecule has 9 heteroatoms. The zero-order chi connectivity index (χ0) is 15.6. The minimum Gasteiger partial charge on any atom is -0.480 e. The number of carbonyl (C=O) groups is 3. The van der Waals surface area contributed by atoms with Gasteiger partial charge in [0, 0.05) is 0 Å². The molecule has 0 spiro atoms. The average molecular weight is 277 g/mol. The molecule has 3 atom stereocenters. The van der Waals surface area contributed by atoms with Gasteiger partial charge in [-0.2, -0.15) is 0 Å². The first-order chi connectivity index (χ1) is 8.59. The number of aliphatic carboxylic acids is 1. The molecule has 11 N–H and O–H groups in total. The molecular weight excluding hydrogens is 254 g/mol. The van der Waals surface area contributed by atoms with Crippen molar-refractivity contribution < 1.29 is 19.5 Å². The van der Waals surface area contributed by atoms with Crippen molar-refractivity contribution in [2.45, 2.75) is 44.3 Å². The summed E-state index contributed by atoms with van der Waals surface area (Å²) in [5, 5.41) is 7.87. The van der Waals surface area contributed by atoms with Crippen LogP contribution >= 0.6 is 0 Å². The first kappa shape index (κ1) is 19.6. The minimum absolute atomic E-state index is 0.427. The third-order valence-corrected chi connectivity index (χ3v) is 2.15. The summed E-state index contributed by atoms with van der Waals surface area (Å²) >= 11 is 0. The molecule has 0 aromatic heterocycles. The van der Waals surface area contributed by atoms with Gasteiger partial charge in [-0.15, -0.1) is 0 Å². The standard InChI is InChI=1S/C7H16N4O2.C3H7NO2/c8-4(6(10)12)2-1-3-5(9)7(11)13;1-2(4)3(5)6/h4-5H,1-3,8-9H2,(H2,10,12)(H2,11,13);2H,4H2,1H3,(H,5,6)/t;2-/m.1/s1. The van der Waals surface area contributed by atoms with E-state index in [2.05, 4.69) is 0 Å². The van der Waals surface area contributed by atoms with Crippen molar-refractivity contribution in [3.8, 4) is 0 Å². The molecule has 0 bridgehead atoms. The molecule has 112 valence electrons. The highest BCUT2D eigenvalue weighted by molar-refractivity contribution is 5.80. The Kier molecular flexibility index (Phi) is 10.6. The number of carboxylic acid groups (broad SMARTS) is 1. The van der Waals surface area contributed by atoms with Gasteiger partial charge in [0.05, 0.1) is 12.1 Å². The molecule has 9 nitrogen and oxygen atoms in total. The molecule has 0 aromatic rings. The van der Waals surface area contributed by atoms with Gasteiger partial charge in [-0.25, -0.2) is 0 Å². The van der Waals surface area contributed by atoms with Crippen LogP contribution in [0.15, 0.2) is 0 Å². The summed E-state index contributed by atoms with van der Waals surface area (Å²) in [5.74, 6) is -2.06. The Morgan fingerprint density at radius 1 is 0.947 bits per heavy atom. The summed E-state index contributed by atoms with van der Waals surface area (Å²) in [5.41, 5.74) is 25.4. The van der Waals surface area contributed by atoms with Gasteiger partial charge < -0.3 is 33.8 Å². The van der Waals surface area contributed by atoms with Crippen molar-refractivity contribution in [3.63, 3.8) is 0 Å². The largest absolute Gasteiger partial charge is 0.480 e. The van der Waals surface area contributed by atoms with E-state index in [0.717, 1.165) is 0 Å². The van der Waals surface area contributed by atoms with E-state index in [4.69, 9.17) is 33.8 Å². The molecule has 0 fully saturated rings. The molecule has 0 radical (unpaired) electrons. The number of primary amides is 2.